The molecule has 1 aromatic rings. The van der Waals surface area contributed by atoms with Gasteiger partial charge in [0.2, 0.25) is 0 Å². The average molecular weight is 371 g/mol. The fraction of sp³-hybridized carbons (Fsp3) is 0.647. The second-order valence-electron chi connectivity index (χ2n) is 5.86. The van der Waals surface area contributed by atoms with Crippen molar-refractivity contribution in [2.75, 3.05) is 40.4 Å². The van der Waals surface area contributed by atoms with Crippen molar-refractivity contribution < 1.29 is 9.47 Å². The summed E-state index contributed by atoms with van der Waals surface area (Å²) in [6.45, 7) is 8.85. The molecule has 0 aromatic heterocycles. The van der Waals surface area contributed by atoms with Gasteiger partial charge in [-0.1, -0.05) is 20.3 Å². The number of nitrogens with zero attached hydrogens (tertiary/aromatic N) is 1. The molecule has 0 aliphatic carbocycles. The minimum absolute atomic E-state index is 0.392. The quantitative estimate of drug-likeness (QED) is 0.831. The van der Waals surface area contributed by atoms with Gasteiger partial charge < -0.3 is 14.8 Å². The van der Waals surface area contributed by atoms with Crippen LogP contribution >= 0.6 is 15.9 Å². The van der Waals surface area contributed by atoms with Crippen molar-refractivity contribution in [2.45, 2.75) is 26.3 Å². The third kappa shape index (κ3) is 3.76. The second kappa shape index (κ2) is 8.18. The van der Waals surface area contributed by atoms with Crippen molar-refractivity contribution in [2.24, 2.45) is 5.92 Å². The molecule has 0 amide bonds. The normalized spacial score (nSPS) is 18.8. The number of benzene rings is 1. The fourth-order valence-corrected chi connectivity index (χ4v) is 3.70. The Morgan fingerprint density at radius 2 is 1.73 bits per heavy atom. The molecule has 0 saturated carbocycles. The molecule has 124 valence electrons. The number of methoxy groups -OCH3 is 2. The minimum atomic E-state index is 0.392. The van der Waals surface area contributed by atoms with E-state index in [0.29, 0.717) is 12.0 Å². The third-order valence-electron chi connectivity index (χ3n) is 4.54. The summed E-state index contributed by atoms with van der Waals surface area (Å²) in [6.07, 6.45) is 1.15. The van der Waals surface area contributed by atoms with Crippen LogP contribution in [0.15, 0.2) is 16.6 Å². The van der Waals surface area contributed by atoms with Crippen LogP contribution in [0.4, 0.5) is 0 Å². The Morgan fingerprint density at radius 1 is 1.18 bits per heavy atom. The summed E-state index contributed by atoms with van der Waals surface area (Å²) in [7, 11) is 3.40. The van der Waals surface area contributed by atoms with E-state index in [4.69, 9.17) is 9.47 Å². The highest BCUT2D eigenvalue weighted by Crippen LogP contribution is 2.40. The summed E-state index contributed by atoms with van der Waals surface area (Å²) in [5.74, 6) is 2.24. The lowest BCUT2D eigenvalue weighted by Crippen LogP contribution is -2.46. The van der Waals surface area contributed by atoms with E-state index < -0.39 is 0 Å². The first-order valence-corrected chi connectivity index (χ1v) is 8.77. The maximum Gasteiger partial charge on any atom is 0.137 e. The number of nitrogens with one attached hydrogen (secondary N) is 1. The minimum Gasteiger partial charge on any atom is -0.495 e. The van der Waals surface area contributed by atoms with Crippen molar-refractivity contribution in [3.05, 3.63) is 22.2 Å². The molecule has 0 bridgehead atoms. The number of halogens is 1. The zero-order valence-corrected chi connectivity index (χ0v) is 15.6. The highest BCUT2D eigenvalue weighted by atomic mass is 79.9. The zero-order valence-electron chi connectivity index (χ0n) is 14.0. The van der Waals surface area contributed by atoms with Crippen LogP contribution in [0.2, 0.25) is 0 Å². The van der Waals surface area contributed by atoms with Crippen molar-refractivity contribution >= 4 is 15.9 Å². The molecule has 1 N–H and O–H groups in total. The maximum atomic E-state index is 5.52. The first-order chi connectivity index (χ1) is 10.6. The van der Waals surface area contributed by atoms with Gasteiger partial charge in [0, 0.05) is 32.2 Å². The van der Waals surface area contributed by atoms with E-state index in [2.05, 4.69) is 52.1 Å². The molecule has 1 unspecified atom stereocenters. The van der Waals surface area contributed by atoms with Gasteiger partial charge in [-0.25, -0.2) is 0 Å². The summed E-state index contributed by atoms with van der Waals surface area (Å²) in [6, 6.07) is 4.68. The highest BCUT2D eigenvalue weighted by Gasteiger charge is 2.28. The van der Waals surface area contributed by atoms with E-state index in [0.717, 1.165) is 48.6 Å². The summed E-state index contributed by atoms with van der Waals surface area (Å²) in [5, 5.41) is 3.43. The van der Waals surface area contributed by atoms with Crippen LogP contribution in [0, 0.1) is 5.92 Å². The van der Waals surface area contributed by atoms with Gasteiger partial charge in [0.05, 0.1) is 14.2 Å². The average Bonchev–Trinajstić information content (AvgIpc) is 2.56. The molecule has 1 aromatic carbocycles. The van der Waals surface area contributed by atoms with Crippen LogP contribution in [0.5, 0.6) is 11.5 Å². The van der Waals surface area contributed by atoms with Gasteiger partial charge in [-0.15, -0.1) is 0 Å². The van der Waals surface area contributed by atoms with Gasteiger partial charge >= 0.3 is 0 Å². The van der Waals surface area contributed by atoms with Crippen molar-refractivity contribution in [3.8, 4) is 11.5 Å². The molecule has 4 nitrogen and oxygen atoms in total. The molecule has 1 fully saturated rings. The zero-order chi connectivity index (χ0) is 16.1. The molecule has 1 aliphatic rings. The van der Waals surface area contributed by atoms with E-state index in [-0.39, 0.29) is 0 Å². The Balaban J connectivity index is 2.41. The van der Waals surface area contributed by atoms with Crippen LogP contribution in [-0.2, 0) is 0 Å². The summed E-state index contributed by atoms with van der Waals surface area (Å²) in [5.41, 5.74) is 1.27. The van der Waals surface area contributed by atoms with Crippen molar-refractivity contribution in [1.29, 1.82) is 0 Å². The molecule has 2 atom stereocenters. The lowest BCUT2D eigenvalue weighted by atomic mass is 9.90. The third-order valence-corrected chi connectivity index (χ3v) is 5.32. The van der Waals surface area contributed by atoms with Crippen LogP contribution in [0.1, 0.15) is 31.9 Å². The monoisotopic (exact) mass is 370 g/mol. The largest absolute Gasteiger partial charge is 0.495 e. The lowest BCUT2D eigenvalue weighted by Gasteiger charge is -2.38. The van der Waals surface area contributed by atoms with Crippen LogP contribution < -0.4 is 14.8 Å². The molecule has 0 radical (unpaired) electrons. The predicted octanol–water partition coefficient (Wildman–Crippen LogP) is 3.46. The number of hydrogen-bond acceptors (Lipinski definition) is 4. The van der Waals surface area contributed by atoms with Gasteiger partial charge in [0.1, 0.15) is 16.0 Å². The molecule has 1 saturated heterocycles. The molecule has 0 spiro atoms. The van der Waals surface area contributed by atoms with Crippen LogP contribution in [0.25, 0.3) is 0 Å². The maximum absolute atomic E-state index is 5.52. The van der Waals surface area contributed by atoms with E-state index in [1.807, 2.05) is 0 Å². The van der Waals surface area contributed by atoms with Gasteiger partial charge in [0.25, 0.3) is 0 Å². The van der Waals surface area contributed by atoms with Gasteiger partial charge in [-0.3, -0.25) is 4.90 Å². The fourth-order valence-electron chi connectivity index (χ4n) is 3.14. The molecule has 1 heterocycles. The van der Waals surface area contributed by atoms with E-state index in [9.17, 15) is 0 Å². The SMILES string of the molecule is CCC(C)[C@@H](c1cc(OC)c(Br)c(OC)c1)N1CCNCC1. The van der Waals surface area contributed by atoms with E-state index in [1.54, 1.807) is 14.2 Å². The molecule has 22 heavy (non-hydrogen) atoms. The molecular weight excluding hydrogens is 344 g/mol. The van der Waals surface area contributed by atoms with Crippen LogP contribution in [0.3, 0.4) is 0 Å². The van der Waals surface area contributed by atoms with Gasteiger partial charge in [0.15, 0.2) is 0 Å². The Hall–Kier alpha value is -0.780. The van der Waals surface area contributed by atoms with E-state index >= 15 is 0 Å². The Labute approximate surface area is 142 Å². The number of piperazine rings is 1. The number of rotatable bonds is 6. The summed E-state index contributed by atoms with van der Waals surface area (Å²) >= 11 is 3.56. The first-order valence-electron chi connectivity index (χ1n) is 7.98. The smallest absolute Gasteiger partial charge is 0.137 e. The Bertz CT molecular complexity index is 465. The standard InChI is InChI=1S/C17H27BrN2O2/c1-5-12(2)17(20-8-6-19-7-9-20)13-10-14(21-3)16(18)15(11-13)22-4/h10-12,17,19H,5-9H2,1-4H3/t12?,17-/m0/s1. The van der Waals surface area contributed by atoms with Crippen molar-refractivity contribution in [1.82, 2.24) is 10.2 Å². The Morgan fingerprint density at radius 3 is 2.18 bits per heavy atom. The lowest BCUT2D eigenvalue weighted by molar-refractivity contribution is 0.128. The number of ether oxygens (including phenoxy) is 2. The molecule has 1 aliphatic heterocycles. The molecule has 2 rings (SSSR count). The molecular formula is C17H27BrN2O2. The highest BCUT2D eigenvalue weighted by molar-refractivity contribution is 9.10. The summed E-state index contributed by atoms with van der Waals surface area (Å²) in [4.78, 5) is 2.58. The summed E-state index contributed by atoms with van der Waals surface area (Å²) < 4.78 is 11.9. The van der Waals surface area contributed by atoms with Crippen LogP contribution in [-0.4, -0.2) is 45.3 Å². The topological polar surface area (TPSA) is 33.7 Å². The Kier molecular flexibility index (Phi) is 6.53. The second-order valence-corrected chi connectivity index (χ2v) is 6.65. The molecule has 5 heteroatoms. The predicted molar refractivity (Wildman–Crippen MR) is 93.9 cm³/mol. The number of hydrogen-bond donors (Lipinski definition) is 1. The van der Waals surface area contributed by atoms with Gasteiger partial charge in [-0.2, -0.15) is 0 Å². The van der Waals surface area contributed by atoms with Gasteiger partial charge in [-0.05, 0) is 39.5 Å². The van der Waals surface area contributed by atoms with Crippen molar-refractivity contribution in [3.63, 3.8) is 0 Å². The van der Waals surface area contributed by atoms with E-state index in [1.165, 1.54) is 5.56 Å². The first kappa shape index (κ1) is 17.6.